The van der Waals surface area contributed by atoms with Crippen molar-refractivity contribution in [2.45, 2.75) is 26.4 Å². The zero-order valence-electron chi connectivity index (χ0n) is 18.9. The van der Waals surface area contributed by atoms with Gasteiger partial charge < -0.3 is 20.1 Å². The predicted molar refractivity (Wildman–Crippen MR) is 124 cm³/mol. The highest BCUT2D eigenvalue weighted by Crippen LogP contribution is 2.32. The first-order chi connectivity index (χ1) is 16.3. The zero-order chi connectivity index (χ0) is 24.6. The lowest BCUT2D eigenvalue weighted by atomic mass is 10.1. The molecule has 3 rings (SSSR count). The standard InChI is InChI=1S/C25H26F3N3O3/c1-3-33-21-11-10-17(15-22(21)34-4-2)12-14-30-24(32)20-9-6-13-29-23(20)31-19-8-5-7-18(16-19)25(26,27)28/h5-11,13,15-16H,3-4,12,14H2,1-2H3,(H,29,31)(H,30,32). The summed E-state index contributed by atoms with van der Waals surface area (Å²) >= 11 is 0. The molecule has 0 saturated heterocycles. The second-order valence-corrected chi connectivity index (χ2v) is 7.26. The quantitative estimate of drug-likeness (QED) is 0.400. The number of hydrogen-bond donors (Lipinski definition) is 2. The summed E-state index contributed by atoms with van der Waals surface area (Å²) in [5.41, 5.74) is 0.573. The molecule has 180 valence electrons. The number of pyridine rings is 1. The maximum atomic E-state index is 13.0. The summed E-state index contributed by atoms with van der Waals surface area (Å²) in [6.45, 7) is 5.16. The molecule has 0 fully saturated rings. The van der Waals surface area contributed by atoms with E-state index in [1.54, 1.807) is 12.1 Å². The molecule has 0 radical (unpaired) electrons. The summed E-state index contributed by atoms with van der Waals surface area (Å²) in [4.78, 5) is 16.9. The van der Waals surface area contributed by atoms with Gasteiger partial charge >= 0.3 is 6.18 Å². The van der Waals surface area contributed by atoms with Crippen molar-refractivity contribution in [3.8, 4) is 11.5 Å². The van der Waals surface area contributed by atoms with Gasteiger partial charge in [0, 0.05) is 18.4 Å². The Balaban J connectivity index is 1.66. The Morgan fingerprint density at radius 1 is 0.971 bits per heavy atom. The van der Waals surface area contributed by atoms with Gasteiger partial charge in [0.15, 0.2) is 11.5 Å². The highest BCUT2D eigenvalue weighted by atomic mass is 19.4. The summed E-state index contributed by atoms with van der Waals surface area (Å²) in [6.07, 6.45) is -2.46. The summed E-state index contributed by atoms with van der Waals surface area (Å²) in [7, 11) is 0. The predicted octanol–water partition coefficient (Wildman–Crippen LogP) is 5.61. The Bertz CT molecular complexity index is 1120. The van der Waals surface area contributed by atoms with Crippen LogP contribution >= 0.6 is 0 Å². The molecule has 0 aliphatic carbocycles. The monoisotopic (exact) mass is 473 g/mol. The third-order valence-corrected chi connectivity index (χ3v) is 4.81. The molecular weight excluding hydrogens is 447 g/mol. The van der Waals surface area contributed by atoms with Gasteiger partial charge in [0.2, 0.25) is 0 Å². The summed E-state index contributed by atoms with van der Waals surface area (Å²) < 4.78 is 50.2. The minimum atomic E-state index is -4.47. The van der Waals surface area contributed by atoms with E-state index in [0.717, 1.165) is 17.7 Å². The number of aromatic nitrogens is 1. The topological polar surface area (TPSA) is 72.5 Å². The molecule has 1 amide bonds. The highest BCUT2D eigenvalue weighted by molar-refractivity contribution is 5.99. The number of amides is 1. The molecule has 0 unspecified atom stereocenters. The number of alkyl halides is 3. The van der Waals surface area contributed by atoms with Crippen LogP contribution in [0.15, 0.2) is 60.8 Å². The van der Waals surface area contributed by atoms with Crippen LogP contribution in [0.3, 0.4) is 0 Å². The second-order valence-electron chi connectivity index (χ2n) is 7.26. The molecule has 2 aromatic carbocycles. The minimum Gasteiger partial charge on any atom is -0.490 e. The van der Waals surface area contributed by atoms with Crippen LogP contribution in [-0.2, 0) is 12.6 Å². The van der Waals surface area contributed by atoms with E-state index in [1.165, 1.54) is 18.3 Å². The SMILES string of the molecule is CCOc1ccc(CCNC(=O)c2cccnc2Nc2cccc(C(F)(F)F)c2)cc1OCC. The van der Waals surface area contributed by atoms with Crippen molar-refractivity contribution < 1.29 is 27.4 Å². The van der Waals surface area contributed by atoms with Crippen LogP contribution < -0.4 is 20.1 Å². The average Bonchev–Trinajstić information content (AvgIpc) is 2.81. The van der Waals surface area contributed by atoms with Crippen molar-refractivity contribution in [3.63, 3.8) is 0 Å². The Labute approximate surface area is 196 Å². The number of hydrogen-bond acceptors (Lipinski definition) is 5. The van der Waals surface area contributed by atoms with Crippen molar-refractivity contribution in [1.82, 2.24) is 10.3 Å². The van der Waals surface area contributed by atoms with Crippen LogP contribution in [0.5, 0.6) is 11.5 Å². The van der Waals surface area contributed by atoms with Gasteiger partial charge in [0.25, 0.3) is 5.91 Å². The fourth-order valence-electron chi connectivity index (χ4n) is 3.26. The van der Waals surface area contributed by atoms with Crippen molar-refractivity contribution in [1.29, 1.82) is 0 Å². The maximum Gasteiger partial charge on any atom is 0.416 e. The largest absolute Gasteiger partial charge is 0.490 e. The highest BCUT2D eigenvalue weighted by Gasteiger charge is 2.30. The van der Waals surface area contributed by atoms with Gasteiger partial charge in [-0.2, -0.15) is 13.2 Å². The number of nitrogens with one attached hydrogen (secondary N) is 2. The molecule has 1 aromatic heterocycles. The number of nitrogens with zero attached hydrogens (tertiary/aromatic N) is 1. The molecule has 34 heavy (non-hydrogen) atoms. The van der Waals surface area contributed by atoms with E-state index in [2.05, 4.69) is 15.6 Å². The van der Waals surface area contributed by atoms with E-state index in [1.807, 2.05) is 32.0 Å². The Kier molecular flexibility index (Phi) is 8.34. The van der Waals surface area contributed by atoms with Crippen LogP contribution in [-0.4, -0.2) is 30.6 Å². The normalized spacial score (nSPS) is 11.1. The van der Waals surface area contributed by atoms with Gasteiger partial charge in [0.05, 0.1) is 24.3 Å². The molecule has 6 nitrogen and oxygen atoms in total. The summed E-state index contributed by atoms with van der Waals surface area (Å²) in [5.74, 6) is 1.09. The number of anilines is 2. The minimum absolute atomic E-state index is 0.166. The van der Waals surface area contributed by atoms with E-state index in [9.17, 15) is 18.0 Å². The number of ether oxygens (including phenoxy) is 2. The number of carbonyl (C=O) groups excluding carboxylic acids is 1. The molecule has 0 aliphatic heterocycles. The lowest BCUT2D eigenvalue weighted by Crippen LogP contribution is -2.26. The van der Waals surface area contributed by atoms with Gasteiger partial charge in [-0.1, -0.05) is 12.1 Å². The zero-order valence-corrected chi connectivity index (χ0v) is 18.9. The molecule has 0 atom stereocenters. The van der Waals surface area contributed by atoms with Gasteiger partial charge in [-0.15, -0.1) is 0 Å². The van der Waals surface area contributed by atoms with Crippen LogP contribution in [0.25, 0.3) is 0 Å². The Hall–Kier alpha value is -3.75. The third-order valence-electron chi connectivity index (χ3n) is 4.81. The van der Waals surface area contributed by atoms with Crippen molar-refractivity contribution in [2.24, 2.45) is 0 Å². The van der Waals surface area contributed by atoms with Crippen LogP contribution in [0, 0.1) is 0 Å². The molecular formula is C25H26F3N3O3. The number of rotatable bonds is 10. The molecule has 0 saturated carbocycles. The summed E-state index contributed by atoms with van der Waals surface area (Å²) in [6, 6.07) is 13.5. The second kappa shape index (κ2) is 11.4. The average molecular weight is 473 g/mol. The number of halogens is 3. The first kappa shape index (κ1) is 24.9. The van der Waals surface area contributed by atoms with Crippen molar-refractivity contribution in [3.05, 3.63) is 77.5 Å². The maximum absolute atomic E-state index is 13.0. The first-order valence-electron chi connectivity index (χ1n) is 10.9. The van der Waals surface area contributed by atoms with Crippen molar-refractivity contribution >= 4 is 17.4 Å². The molecule has 0 bridgehead atoms. The first-order valence-corrected chi connectivity index (χ1v) is 10.9. The molecule has 0 spiro atoms. The van der Waals surface area contributed by atoms with Crippen LogP contribution in [0.2, 0.25) is 0 Å². The van der Waals surface area contributed by atoms with Gasteiger partial charge in [-0.3, -0.25) is 4.79 Å². The Morgan fingerprint density at radius 3 is 2.47 bits per heavy atom. The Morgan fingerprint density at radius 2 is 1.74 bits per heavy atom. The number of carbonyl (C=O) groups is 1. The van der Waals surface area contributed by atoms with Gasteiger partial charge in [-0.05, 0) is 68.3 Å². The van der Waals surface area contributed by atoms with E-state index < -0.39 is 17.6 Å². The van der Waals surface area contributed by atoms with Gasteiger partial charge in [0.1, 0.15) is 5.82 Å². The third kappa shape index (κ3) is 6.63. The molecule has 3 aromatic rings. The smallest absolute Gasteiger partial charge is 0.416 e. The molecule has 1 heterocycles. The van der Waals surface area contributed by atoms with E-state index >= 15 is 0 Å². The fourth-order valence-corrected chi connectivity index (χ4v) is 3.26. The summed E-state index contributed by atoms with van der Waals surface area (Å²) in [5, 5.41) is 5.64. The number of benzene rings is 2. The van der Waals surface area contributed by atoms with E-state index in [0.29, 0.717) is 37.7 Å². The van der Waals surface area contributed by atoms with E-state index in [4.69, 9.17) is 9.47 Å². The molecule has 2 N–H and O–H groups in total. The fraction of sp³-hybridized carbons (Fsp3) is 0.280. The van der Waals surface area contributed by atoms with E-state index in [-0.39, 0.29) is 17.1 Å². The van der Waals surface area contributed by atoms with Gasteiger partial charge in [-0.25, -0.2) is 4.98 Å². The lowest BCUT2D eigenvalue weighted by molar-refractivity contribution is -0.137. The van der Waals surface area contributed by atoms with Crippen molar-refractivity contribution in [2.75, 3.05) is 25.1 Å². The molecule has 0 aliphatic rings. The van der Waals surface area contributed by atoms with Crippen LogP contribution in [0.1, 0.15) is 35.3 Å². The lowest BCUT2D eigenvalue weighted by Gasteiger charge is -2.14. The van der Waals surface area contributed by atoms with Crippen LogP contribution in [0.4, 0.5) is 24.7 Å². The molecule has 9 heteroatoms.